The third kappa shape index (κ3) is 6.34. The molecule has 4 aromatic carbocycles. The van der Waals surface area contributed by atoms with Crippen LogP contribution in [0.15, 0.2) is 99.6 Å². The van der Waals surface area contributed by atoms with Gasteiger partial charge in [0, 0.05) is 30.2 Å². The molecule has 4 aromatic rings. The largest absolute Gasteiger partial charge is 0.349 e. The molecule has 0 aliphatic carbocycles. The van der Waals surface area contributed by atoms with Crippen LogP contribution in [0.25, 0.3) is 10.8 Å². The van der Waals surface area contributed by atoms with E-state index in [1.54, 1.807) is 0 Å². The Hall–Kier alpha value is -3.38. The molecule has 0 aromatic heterocycles. The van der Waals surface area contributed by atoms with Gasteiger partial charge in [-0.2, -0.15) is 0 Å². The standard InChI is InChI=1S/C31H32FN3O4S3/c1-21(2)27-15-14-26(41(36,37)25-12-10-23(32)11-13-25)20-30(27)42(38,39)34-24-16-18-35(19-17-24)31(40)33-29-9-5-7-22-6-3-4-8-28(22)29/h3-15,20-21,24,34H,16-19H2,1-2H3,(H,33,40). The predicted octanol–water partition coefficient (Wildman–Crippen LogP) is 6.07. The van der Waals surface area contributed by atoms with Crippen LogP contribution in [0.2, 0.25) is 0 Å². The molecule has 0 bridgehead atoms. The molecule has 2 N–H and O–H groups in total. The molecular formula is C31H32FN3O4S3. The maximum Gasteiger partial charge on any atom is 0.241 e. The van der Waals surface area contributed by atoms with Crippen molar-refractivity contribution in [1.82, 2.24) is 9.62 Å². The highest BCUT2D eigenvalue weighted by atomic mass is 32.2. The fourth-order valence-electron chi connectivity index (χ4n) is 5.15. The van der Waals surface area contributed by atoms with Gasteiger partial charge in [-0.05, 0) is 84.4 Å². The number of halogens is 1. The zero-order valence-corrected chi connectivity index (χ0v) is 25.7. The van der Waals surface area contributed by atoms with Crippen molar-refractivity contribution < 1.29 is 21.2 Å². The first-order chi connectivity index (χ1) is 20.0. The second-order valence-corrected chi connectivity index (χ2v) is 14.7. The topological polar surface area (TPSA) is 95.6 Å². The minimum absolute atomic E-state index is 0.0729. The number of likely N-dealkylation sites (tertiary alicyclic amines) is 1. The molecule has 1 aliphatic heterocycles. The molecule has 0 unspecified atom stereocenters. The van der Waals surface area contributed by atoms with Crippen LogP contribution in [0.3, 0.4) is 0 Å². The fourth-order valence-corrected chi connectivity index (χ4v) is 8.50. The molecule has 1 saturated heterocycles. The Bertz CT molecular complexity index is 1830. The van der Waals surface area contributed by atoms with Crippen LogP contribution in [0.1, 0.15) is 38.2 Å². The van der Waals surface area contributed by atoms with Crippen LogP contribution in [-0.2, 0) is 19.9 Å². The zero-order chi connectivity index (χ0) is 30.1. The monoisotopic (exact) mass is 625 g/mol. The van der Waals surface area contributed by atoms with Gasteiger partial charge in [0.15, 0.2) is 5.11 Å². The first-order valence-electron chi connectivity index (χ1n) is 13.7. The lowest BCUT2D eigenvalue weighted by molar-refractivity contribution is 0.305. The van der Waals surface area contributed by atoms with E-state index < -0.39 is 25.7 Å². The molecule has 0 amide bonds. The minimum atomic E-state index is -4.06. The van der Waals surface area contributed by atoms with Gasteiger partial charge in [-0.3, -0.25) is 0 Å². The lowest BCUT2D eigenvalue weighted by Gasteiger charge is -2.34. The number of anilines is 1. The summed E-state index contributed by atoms with van der Waals surface area (Å²) >= 11 is 5.68. The van der Waals surface area contributed by atoms with E-state index >= 15 is 0 Å². The highest BCUT2D eigenvalue weighted by Crippen LogP contribution is 2.30. The Morgan fingerprint density at radius 1 is 0.881 bits per heavy atom. The van der Waals surface area contributed by atoms with Gasteiger partial charge in [0.2, 0.25) is 19.9 Å². The lowest BCUT2D eigenvalue weighted by atomic mass is 10.0. The highest BCUT2D eigenvalue weighted by Gasteiger charge is 2.29. The molecule has 0 radical (unpaired) electrons. The number of rotatable bonds is 7. The lowest BCUT2D eigenvalue weighted by Crippen LogP contribution is -2.47. The van der Waals surface area contributed by atoms with Gasteiger partial charge >= 0.3 is 0 Å². The smallest absolute Gasteiger partial charge is 0.241 e. The summed E-state index contributed by atoms with van der Waals surface area (Å²) in [5.74, 6) is -0.730. The van der Waals surface area contributed by atoms with Crippen molar-refractivity contribution in [3.05, 3.63) is 96.3 Å². The van der Waals surface area contributed by atoms with Crippen LogP contribution in [0.5, 0.6) is 0 Å². The van der Waals surface area contributed by atoms with Gasteiger partial charge in [-0.25, -0.2) is 25.9 Å². The van der Waals surface area contributed by atoms with E-state index in [9.17, 15) is 21.2 Å². The summed E-state index contributed by atoms with van der Waals surface area (Å²) in [6.45, 7) is 4.81. The Balaban J connectivity index is 1.30. The fraction of sp³-hybridized carbons (Fsp3) is 0.258. The molecule has 7 nitrogen and oxygen atoms in total. The summed E-state index contributed by atoms with van der Waals surface area (Å²) in [5.41, 5.74) is 1.43. The molecular weight excluding hydrogens is 594 g/mol. The average Bonchev–Trinajstić information content (AvgIpc) is 2.97. The number of piperidine rings is 1. The van der Waals surface area contributed by atoms with Crippen molar-refractivity contribution in [1.29, 1.82) is 0 Å². The van der Waals surface area contributed by atoms with Crippen LogP contribution in [-0.4, -0.2) is 46.0 Å². The number of hydrogen-bond acceptors (Lipinski definition) is 5. The molecule has 1 heterocycles. The SMILES string of the molecule is CC(C)c1ccc(S(=O)(=O)c2ccc(F)cc2)cc1S(=O)(=O)NC1CCN(C(=S)Nc2cccc3ccccc23)CC1. The normalized spacial score (nSPS) is 14.8. The second kappa shape index (κ2) is 12.1. The molecule has 220 valence electrons. The van der Waals surface area contributed by atoms with Gasteiger partial charge < -0.3 is 10.2 Å². The Morgan fingerprint density at radius 2 is 1.52 bits per heavy atom. The Kier molecular flexibility index (Phi) is 8.66. The van der Waals surface area contributed by atoms with Crippen molar-refractivity contribution in [2.45, 2.75) is 53.3 Å². The molecule has 0 saturated carbocycles. The highest BCUT2D eigenvalue weighted by molar-refractivity contribution is 7.91. The number of sulfonamides is 1. The summed E-state index contributed by atoms with van der Waals surface area (Å²) in [7, 11) is -8.12. The Labute approximate surface area is 251 Å². The van der Waals surface area contributed by atoms with Crippen LogP contribution in [0.4, 0.5) is 10.1 Å². The van der Waals surface area contributed by atoms with E-state index in [2.05, 4.69) is 10.0 Å². The number of hydrogen-bond donors (Lipinski definition) is 2. The molecule has 1 fully saturated rings. The summed E-state index contributed by atoms with van der Waals surface area (Å²) in [5, 5.41) is 6.09. The van der Waals surface area contributed by atoms with Gasteiger partial charge in [-0.1, -0.05) is 56.3 Å². The number of thiocarbonyl (C=S) groups is 1. The van der Waals surface area contributed by atoms with Crippen LogP contribution >= 0.6 is 12.2 Å². The van der Waals surface area contributed by atoms with E-state index in [0.29, 0.717) is 36.6 Å². The number of fused-ring (bicyclic) bond motifs is 1. The van der Waals surface area contributed by atoms with E-state index in [4.69, 9.17) is 12.2 Å². The minimum Gasteiger partial charge on any atom is -0.349 e. The van der Waals surface area contributed by atoms with Crippen molar-refractivity contribution in [3.63, 3.8) is 0 Å². The van der Waals surface area contributed by atoms with E-state index in [1.165, 1.54) is 30.3 Å². The molecule has 1 aliphatic rings. The van der Waals surface area contributed by atoms with Gasteiger partial charge in [0.1, 0.15) is 5.82 Å². The first kappa shape index (κ1) is 30.1. The summed E-state index contributed by atoms with van der Waals surface area (Å²) < 4.78 is 70.0. The number of nitrogens with one attached hydrogen (secondary N) is 2. The molecule has 11 heteroatoms. The first-order valence-corrected chi connectivity index (χ1v) is 17.0. The summed E-state index contributed by atoms with van der Waals surface area (Å²) in [6, 6.07) is 22.3. The van der Waals surface area contributed by atoms with Crippen molar-refractivity contribution in [2.24, 2.45) is 0 Å². The van der Waals surface area contributed by atoms with Crippen LogP contribution < -0.4 is 10.0 Å². The molecule has 5 rings (SSSR count). The summed E-state index contributed by atoms with van der Waals surface area (Å²) in [4.78, 5) is 1.67. The average molecular weight is 626 g/mol. The van der Waals surface area contributed by atoms with Crippen LogP contribution in [0, 0.1) is 5.82 Å². The van der Waals surface area contributed by atoms with Gasteiger partial charge in [0.25, 0.3) is 0 Å². The summed E-state index contributed by atoms with van der Waals surface area (Å²) in [6.07, 6.45) is 1.06. The molecule has 0 atom stereocenters. The third-order valence-electron chi connectivity index (χ3n) is 7.47. The van der Waals surface area contributed by atoms with Gasteiger partial charge in [0.05, 0.1) is 14.7 Å². The van der Waals surface area contributed by atoms with E-state index in [1.807, 2.05) is 61.2 Å². The van der Waals surface area contributed by atoms with Crippen molar-refractivity contribution in [2.75, 3.05) is 18.4 Å². The quantitative estimate of drug-likeness (QED) is 0.190. The number of sulfone groups is 1. The second-order valence-electron chi connectivity index (χ2n) is 10.7. The van der Waals surface area contributed by atoms with Gasteiger partial charge in [-0.15, -0.1) is 0 Å². The molecule has 42 heavy (non-hydrogen) atoms. The van der Waals surface area contributed by atoms with Crippen molar-refractivity contribution >= 4 is 53.7 Å². The van der Waals surface area contributed by atoms with E-state index in [-0.39, 0.29) is 26.6 Å². The predicted molar refractivity (Wildman–Crippen MR) is 167 cm³/mol. The maximum absolute atomic E-state index is 13.7. The number of benzene rings is 4. The van der Waals surface area contributed by atoms with Crippen molar-refractivity contribution in [3.8, 4) is 0 Å². The maximum atomic E-state index is 13.7. The number of nitrogens with zero attached hydrogens (tertiary/aromatic N) is 1. The molecule has 0 spiro atoms. The zero-order valence-electron chi connectivity index (χ0n) is 23.2. The van der Waals surface area contributed by atoms with E-state index in [0.717, 1.165) is 28.6 Å². The third-order valence-corrected chi connectivity index (χ3v) is 11.2. The Morgan fingerprint density at radius 3 is 2.21 bits per heavy atom.